The molecule has 202 valence electrons. The number of esters is 1. The lowest BCUT2D eigenvalue weighted by molar-refractivity contribution is -0.140. The molecule has 0 amide bonds. The van der Waals surface area contributed by atoms with Crippen molar-refractivity contribution >= 4 is 52.0 Å². The topological polar surface area (TPSA) is 120 Å². The number of carbonyl (C=O) groups is 2. The highest BCUT2D eigenvalue weighted by atomic mass is 32.1. The Labute approximate surface area is 232 Å². The summed E-state index contributed by atoms with van der Waals surface area (Å²) in [6, 6.07) is 14.5. The van der Waals surface area contributed by atoms with Gasteiger partial charge in [0.2, 0.25) is 0 Å². The van der Waals surface area contributed by atoms with Gasteiger partial charge in [0.1, 0.15) is 5.75 Å². The molecule has 38 heavy (non-hydrogen) atoms. The summed E-state index contributed by atoms with van der Waals surface area (Å²) in [7, 11) is 0. The monoisotopic (exact) mass is 555 g/mol. The summed E-state index contributed by atoms with van der Waals surface area (Å²) < 4.78 is 4.40. The van der Waals surface area contributed by atoms with Gasteiger partial charge in [-0.1, -0.05) is 51.1 Å². The van der Waals surface area contributed by atoms with Crippen molar-refractivity contribution in [3.63, 3.8) is 0 Å². The molecule has 0 aliphatic rings. The van der Waals surface area contributed by atoms with Gasteiger partial charge < -0.3 is 20.3 Å². The molecule has 2 aromatic carbocycles. The van der Waals surface area contributed by atoms with Crippen LogP contribution in [0.5, 0.6) is 5.75 Å². The normalized spacial score (nSPS) is 11.2. The number of ether oxygens (including phenoxy) is 1. The predicted octanol–water partition coefficient (Wildman–Crippen LogP) is 6.40. The molecule has 1 aromatic heterocycles. The molecular weight excluding hydrogens is 522 g/mol. The molecular formula is C28H33N3O5S2. The fraction of sp³-hybridized carbons (Fsp3) is 0.286. The highest BCUT2D eigenvalue weighted by Gasteiger charge is 2.17. The predicted molar refractivity (Wildman–Crippen MR) is 157 cm³/mol. The Bertz CT molecular complexity index is 1310. The molecule has 1 heterocycles. The summed E-state index contributed by atoms with van der Waals surface area (Å²) in [5.74, 6) is -1.05. The summed E-state index contributed by atoms with van der Waals surface area (Å²) >= 11 is 6.68. The van der Waals surface area contributed by atoms with Crippen LogP contribution in [0.2, 0.25) is 0 Å². The van der Waals surface area contributed by atoms with E-state index in [0.717, 1.165) is 10.4 Å². The minimum atomic E-state index is -1.02. The summed E-state index contributed by atoms with van der Waals surface area (Å²) in [5, 5.41) is 29.1. The largest absolute Gasteiger partial charge is 0.506 e. The average Bonchev–Trinajstić information content (AvgIpc) is 3.24. The molecule has 0 unspecified atom stereocenters. The molecule has 8 nitrogen and oxygen atoms in total. The number of hydrogen-bond acceptors (Lipinski definition) is 7. The first kappa shape index (κ1) is 30.5. The lowest BCUT2D eigenvalue weighted by atomic mass is 9.86. The number of thiocarbonyl (C=S) groups is 1. The van der Waals surface area contributed by atoms with Gasteiger partial charge >= 0.3 is 11.9 Å². The maximum Gasteiger partial charge on any atom is 0.335 e. The molecule has 3 aromatic rings. The van der Waals surface area contributed by atoms with Gasteiger partial charge in [-0.05, 0) is 60.8 Å². The van der Waals surface area contributed by atoms with Crippen molar-refractivity contribution in [2.45, 2.75) is 47.0 Å². The molecule has 10 heteroatoms. The number of carboxylic acid groups (broad SMARTS) is 1. The number of thiophene rings is 1. The zero-order valence-electron chi connectivity index (χ0n) is 22.3. The van der Waals surface area contributed by atoms with Crippen LogP contribution < -0.4 is 10.7 Å². The van der Waals surface area contributed by atoms with Crippen molar-refractivity contribution < 1.29 is 24.5 Å². The van der Waals surface area contributed by atoms with E-state index in [1.54, 1.807) is 26.0 Å². The highest BCUT2D eigenvalue weighted by Crippen LogP contribution is 2.39. The second kappa shape index (κ2) is 13.7. The Balaban J connectivity index is 0.000000757. The minimum absolute atomic E-state index is 0.0670. The molecule has 0 fully saturated rings. The highest BCUT2D eigenvalue weighted by molar-refractivity contribution is 7.80. The van der Waals surface area contributed by atoms with Gasteiger partial charge in [0.05, 0.1) is 28.3 Å². The SMILES string of the molecule is C/C(=N\NC(=S)Nc1cccc(C(=O)O)c1)c1csc(-c2ccc(C(C)(C)C)cc2)c1O.CCOC(C)=O. The summed E-state index contributed by atoms with van der Waals surface area (Å²) in [5.41, 5.74) is 6.86. The van der Waals surface area contributed by atoms with E-state index in [4.69, 9.17) is 17.3 Å². The Morgan fingerprint density at radius 2 is 1.76 bits per heavy atom. The quantitative estimate of drug-likeness (QED) is 0.119. The second-order valence-electron chi connectivity index (χ2n) is 9.23. The molecule has 3 rings (SSSR count). The standard InChI is InChI=1S/C24H25N3O3S2.C4H8O2/c1-14(26-27-23(31)25-18-7-5-6-16(12-18)22(29)30)19-13-32-21(20(19)28)15-8-10-17(11-9-15)24(2,3)4;1-3-6-4(2)5/h5-13,28H,1-4H3,(H,29,30)(H2,25,27,31);3H2,1-2H3/b26-14+;. The van der Waals surface area contributed by atoms with Gasteiger partial charge in [-0.15, -0.1) is 11.3 Å². The fourth-order valence-electron chi connectivity index (χ4n) is 3.22. The Hall–Kier alpha value is -3.76. The summed E-state index contributed by atoms with van der Waals surface area (Å²) in [6.07, 6.45) is 0. The van der Waals surface area contributed by atoms with Gasteiger partial charge in [-0.2, -0.15) is 5.10 Å². The molecule has 0 spiro atoms. The zero-order chi connectivity index (χ0) is 28.5. The van der Waals surface area contributed by atoms with Crippen LogP contribution in [0.15, 0.2) is 59.0 Å². The molecule has 0 radical (unpaired) electrons. The van der Waals surface area contributed by atoms with Crippen molar-refractivity contribution in [2.75, 3.05) is 11.9 Å². The molecule has 0 aliphatic carbocycles. The first-order valence-corrected chi connectivity index (χ1v) is 13.1. The average molecular weight is 556 g/mol. The zero-order valence-corrected chi connectivity index (χ0v) is 23.9. The molecule has 0 saturated heterocycles. The van der Waals surface area contributed by atoms with Gasteiger partial charge in [0, 0.05) is 18.0 Å². The minimum Gasteiger partial charge on any atom is -0.506 e. The van der Waals surface area contributed by atoms with Crippen LogP contribution in [0.25, 0.3) is 10.4 Å². The van der Waals surface area contributed by atoms with Gasteiger partial charge in [-0.3, -0.25) is 10.2 Å². The van der Waals surface area contributed by atoms with Gasteiger partial charge in [0.15, 0.2) is 5.11 Å². The van der Waals surface area contributed by atoms with Crippen LogP contribution >= 0.6 is 23.6 Å². The van der Waals surface area contributed by atoms with Crippen LogP contribution in [-0.2, 0) is 14.9 Å². The second-order valence-corrected chi connectivity index (χ2v) is 10.5. The Morgan fingerprint density at radius 1 is 1.11 bits per heavy atom. The number of carbonyl (C=O) groups excluding carboxylic acids is 1. The van der Waals surface area contributed by atoms with Crippen LogP contribution in [0.1, 0.15) is 63.0 Å². The van der Waals surface area contributed by atoms with Crippen molar-refractivity contribution in [3.05, 3.63) is 70.6 Å². The van der Waals surface area contributed by atoms with E-state index in [0.29, 0.717) is 23.6 Å². The maximum absolute atomic E-state index is 11.1. The van der Waals surface area contributed by atoms with Gasteiger partial charge in [0.25, 0.3) is 0 Å². The Morgan fingerprint density at radius 3 is 2.29 bits per heavy atom. The van der Waals surface area contributed by atoms with Crippen LogP contribution in [0.3, 0.4) is 0 Å². The smallest absolute Gasteiger partial charge is 0.335 e. The lowest BCUT2D eigenvalue weighted by Crippen LogP contribution is -2.25. The first-order valence-electron chi connectivity index (χ1n) is 11.8. The Kier molecular flexibility index (Phi) is 11.0. The van der Waals surface area contributed by atoms with Crippen LogP contribution in [0, 0.1) is 0 Å². The fourth-order valence-corrected chi connectivity index (χ4v) is 4.40. The van der Waals surface area contributed by atoms with E-state index in [-0.39, 0.29) is 27.8 Å². The number of anilines is 1. The van der Waals surface area contributed by atoms with Crippen molar-refractivity contribution in [3.8, 4) is 16.2 Å². The third-order valence-corrected chi connectivity index (χ3v) is 6.42. The van der Waals surface area contributed by atoms with E-state index in [1.165, 1.54) is 36.0 Å². The number of aromatic hydroxyl groups is 1. The third kappa shape index (κ3) is 8.97. The number of nitrogens with zero attached hydrogens (tertiary/aromatic N) is 1. The number of benzene rings is 2. The van der Waals surface area contributed by atoms with E-state index >= 15 is 0 Å². The number of hydrazone groups is 1. The molecule has 4 N–H and O–H groups in total. The number of nitrogens with one attached hydrogen (secondary N) is 2. The van der Waals surface area contributed by atoms with E-state index in [1.807, 2.05) is 17.5 Å². The third-order valence-electron chi connectivity index (χ3n) is 5.21. The van der Waals surface area contributed by atoms with Crippen molar-refractivity contribution in [1.82, 2.24) is 5.43 Å². The van der Waals surface area contributed by atoms with Crippen LogP contribution in [0.4, 0.5) is 5.69 Å². The first-order chi connectivity index (χ1) is 17.8. The van der Waals surface area contributed by atoms with E-state index < -0.39 is 5.97 Å². The number of carboxylic acids is 1. The summed E-state index contributed by atoms with van der Waals surface area (Å²) in [4.78, 5) is 21.7. The molecule has 0 saturated carbocycles. The molecule has 0 bridgehead atoms. The van der Waals surface area contributed by atoms with Crippen molar-refractivity contribution in [2.24, 2.45) is 5.10 Å². The molecule has 0 aliphatic heterocycles. The lowest BCUT2D eigenvalue weighted by Gasteiger charge is -2.19. The number of hydrogen-bond donors (Lipinski definition) is 4. The van der Waals surface area contributed by atoms with Crippen molar-refractivity contribution in [1.29, 1.82) is 0 Å². The van der Waals surface area contributed by atoms with E-state index in [9.17, 15) is 14.7 Å². The van der Waals surface area contributed by atoms with E-state index in [2.05, 4.69) is 53.5 Å². The van der Waals surface area contributed by atoms with Gasteiger partial charge in [-0.25, -0.2) is 4.79 Å². The summed E-state index contributed by atoms with van der Waals surface area (Å²) in [6.45, 7) is 11.9. The van der Waals surface area contributed by atoms with Crippen LogP contribution in [-0.4, -0.2) is 39.6 Å². The number of aromatic carboxylic acids is 1. The maximum atomic E-state index is 11.1. The number of rotatable bonds is 6. The molecule has 0 atom stereocenters.